The van der Waals surface area contributed by atoms with Gasteiger partial charge in [-0.1, -0.05) is 0 Å². The Hall–Kier alpha value is 0.620. The molecule has 0 aromatic rings. The first-order valence-corrected chi connectivity index (χ1v) is 3.55. The van der Waals surface area contributed by atoms with Crippen LogP contribution in [-0.4, -0.2) is 15.3 Å². The van der Waals surface area contributed by atoms with Crippen molar-refractivity contribution in [3.63, 3.8) is 0 Å². The van der Waals surface area contributed by atoms with Crippen molar-refractivity contribution in [2.45, 2.75) is 0 Å². The summed E-state index contributed by atoms with van der Waals surface area (Å²) in [5, 5.41) is 0. The van der Waals surface area contributed by atoms with Gasteiger partial charge in [-0.25, -0.2) is 0 Å². The molecule has 0 saturated carbocycles. The summed E-state index contributed by atoms with van der Waals surface area (Å²) >= 11 is 3.12. The van der Waals surface area contributed by atoms with Crippen LogP contribution in [0.1, 0.15) is 0 Å². The molecule has 1 aliphatic rings. The van der Waals surface area contributed by atoms with Gasteiger partial charge >= 0.3 is 0 Å². The summed E-state index contributed by atoms with van der Waals surface area (Å²) in [7, 11) is 0. The largest absolute Gasteiger partial charge is 0.156 e. The van der Waals surface area contributed by atoms with Gasteiger partial charge in [-0.3, -0.25) is 0 Å². The topological polar surface area (TPSA) is 27.0 Å². The summed E-state index contributed by atoms with van der Waals surface area (Å²) in [6.07, 6.45) is 0. The van der Waals surface area contributed by atoms with E-state index in [0.717, 1.165) is 11.5 Å². The van der Waals surface area contributed by atoms with Crippen LogP contribution in [0, 0.1) is 0 Å². The SMILES string of the molecule is [NH]N1SCCS1. The Balaban J connectivity index is 2.18. The van der Waals surface area contributed by atoms with E-state index in [1.54, 1.807) is 23.9 Å². The maximum absolute atomic E-state index is 6.89. The third-order valence-electron chi connectivity index (χ3n) is 0.500. The lowest BCUT2D eigenvalue weighted by molar-refractivity contribution is 0.788. The zero-order valence-corrected chi connectivity index (χ0v) is 4.81. The highest BCUT2D eigenvalue weighted by Gasteiger charge is 2.07. The standard InChI is InChI=1S/C2H5N2S2/c3-4-5-1-2-6-4/h3H,1-2H2. The van der Waals surface area contributed by atoms with Gasteiger partial charge in [-0.15, -0.1) is 3.82 Å². The van der Waals surface area contributed by atoms with Crippen LogP contribution in [0.5, 0.6) is 0 Å². The minimum Gasteiger partial charge on any atom is -0.156 e. The molecule has 2 nitrogen and oxygen atoms in total. The summed E-state index contributed by atoms with van der Waals surface area (Å²) in [6, 6.07) is 0. The number of rotatable bonds is 0. The lowest BCUT2D eigenvalue weighted by Crippen LogP contribution is -1.92. The van der Waals surface area contributed by atoms with E-state index in [1.165, 1.54) is 3.82 Å². The molecular weight excluding hydrogens is 116 g/mol. The zero-order valence-electron chi connectivity index (χ0n) is 3.18. The van der Waals surface area contributed by atoms with Crippen molar-refractivity contribution < 1.29 is 0 Å². The molecule has 0 aliphatic carbocycles. The lowest BCUT2D eigenvalue weighted by atomic mass is 11.0. The normalized spacial score (nSPS) is 25.5. The Kier molecular flexibility index (Phi) is 1.64. The highest BCUT2D eigenvalue weighted by atomic mass is 32.2. The summed E-state index contributed by atoms with van der Waals surface area (Å²) in [5.74, 6) is 9.10. The molecule has 0 aromatic heterocycles. The van der Waals surface area contributed by atoms with Gasteiger partial charge in [0.2, 0.25) is 0 Å². The van der Waals surface area contributed by atoms with Crippen molar-refractivity contribution in [3.8, 4) is 0 Å². The van der Waals surface area contributed by atoms with Crippen LogP contribution in [0.4, 0.5) is 0 Å². The molecule has 1 fully saturated rings. The highest BCUT2D eigenvalue weighted by molar-refractivity contribution is 8.15. The minimum atomic E-state index is 1.11. The van der Waals surface area contributed by atoms with Crippen LogP contribution in [0.25, 0.3) is 0 Å². The van der Waals surface area contributed by atoms with Crippen molar-refractivity contribution in [2.75, 3.05) is 11.5 Å². The van der Waals surface area contributed by atoms with Crippen LogP contribution < -0.4 is 5.84 Å². The Bertz CT molecular complexity index is 42.8. The number of nitrogens with one attached hydrogen (secondary N) is 1. The van der Waals surface area contributed by atoms with E-state index in [0.29, 0.717) is 0 Å². The van der Waals surface area contributed by atoms with Crippen LogP contribution in [0.2, 0.25) is 0 Å². The second kappa shape index (κ2) is 2.07. The van der Waals surface area contributed by atoms with E-state index < -0.39 is 0 Å². The smallest absolute Gasteiger partial charge is 0.0208 e. The Morgan fingerprint density at radius 2 is 1.83 bits per heavy atom. The predicted octanol–water partition coefficient (Wildman–Crippen LogP) is 0.796. The number of nitrogens with zero attached hydrogens (tertiary/aromatic N) is 1. The van der Waals surface area contributed by atoms with E-state index in [2.05, 4.69) is 0 Å². The molecule has 1 radical (unpaired) electrons. The van der Waals surface area contributed by atoms with Gasteiger partial charge in [0.25, 0.3) is 0 Å². The van der Waals surface area contributed by atoms with Gasteiger partial charge in [-0.05, 0) is 23.9 Å². The molecule has 0 bridgehead atoms. The van der Waals surface area contributed by atoms with Crippen molar-refractivity contribution in [3.05, 3.63) is 0 Å². The van der Waals surface area contributed by atoms with E-state index in [1.807, 2.05) is 0 Å². The third-order valence-corrected chi connectivity index (χ3v) is 2.63. The third kappa shape index (κ3) is 1.04. The fourth-order valence-electron chi connectivity index (χ4n) is 0.278. The molecule has 6 heavy (non-hydrogen) atoms. The second-order valence-electron chi connectivity index (χ2n) is 0.924. The summed E-state index contributed by atoms with van der Waals surface area (Å²) < 4.78 is 1.44. The maximum Gasteiger partial charge on any atom is 0.0208 e. The first-order chi connectivity index (χ1) is 2.89. The molecule has 4 heteroatoms. The van der Waals surface area contributed by atoms with Crippen LogP contribution in [-0.2, 0) is 0 Å². The second-order valence-corrected chi connectivity index (χ2v) is 3.22. The molecule has 35 valence electrons. The van der Waals surface area contributed by atoms with Crippen molar-refractivity contribution in [2.24, 2.45) is 0 Å². The van der Waals surface area contributed by atoms with E-state index >= 15 is 0 Å². The zero-order chi connectivity index (χ0) is 4.41. The lowest BCUT2D eigenvalue weighted by Gasteiger charge is -1.95. The first kappa shape index (κ1) is 4.77. The minimum absolute atomic E-state index is 1.11. The molecule has 1 heterocycles. The molecular formula is C2H5N2S2. The first-order valence-electron chi connectivity index (χ1n) is 1.67. The molecule has 1 saturated heterocycles. The fraction of sp³-hybridized carbons (Fsp3) is 1.00. The molecule has 0 spiro atoms. The van der Waals surface area contributed by atoms with Gasteiger partial charge in [0.15, 0.2) is 0 Å². The molecule has 0 amide bonds. The average Bonchev–Trinajstić information content (AvgIpc) is 1.86. The fourth-order valence-corrected chi connectivity index (χ4v) is 1.95. The average molecular weight is 121 g/mol. The summed E-state index contributed by atoms with van der Waals surface area (Å²) in [4.78, 5) is 0. The van der Waals surface area contributed by atoms with Crippen LogP contribution >= 0.6 is 23.9 Å². The van der Waals surface area contributed by atoms with E-state index in [9.17, 15) is 0 Å². The van der Waals surface area contributed by atoms with Gasteiger partial charge in [-0.2, -0.15) is 5.84 Å². The molecule has 0 aromatic carbocycles. The summed E-state index contributed by atoms with van der Waals surface area (Å²) in [5.41, 5.74) is 0. The Morgan fingerprint density at radius 1 is 1.33 bits per heavy atom. The monoisotopic (exact) mass is 121 g/mol. The maximum atomic E-state index is 6.89. The van der Waals surface area contributed by atoms with E-state index in [-0.39, 0.29) is 0 Å². The Morgan fingerprint density at radius 3 is 2.00 bits per heavy atom. The van der Waals surface area contributed by atoms with Gasteiger partial charge < -0.3 is 0 Å². The van der Waals surface area contributed by atoms with E-state index in [4.69, 9.17) is 5.84 Å². The number of hydrogen-bond acceptors (Lipinski definition) is 3. The molecule has 1 aliphatic heterocycles. The predicted molar refractivity (Wildman–Crippen MR) is 29.9 cm³/mol. The summed E-state index contributed by atoms with van der Waals surface area (Å²) in [6.45, 7) is 0. The van der Waals surface area contributed by atoms with Crippen molar-refractivity contribution in [1.29, 1.82) is 0 Å². The van der Waals surface area contributed by atoms with Gasteiger partial charge in [0.05, 0.1) is 0 Å². The van der Waals surface area contributed by atoms with Crippen LogP contribution in [0.15, 0.2) is 0 Å². The van der Waals surface area contributed by atoms with Crippen LogP contribution in [0.3, 0.4) is 0 Å². The quantitative estimate of drug-likeness (QED) is 0.443. The van der Waals surface area contributed by atoms with Crippen molar-refractivity contribution >= 4 is 23.9 Å². The molecule has 0 atom stereocenters. The van der Waals surface area contributed by atoms with Crippen molar-refractivity contribution in [1.82, 2.24) is 9.66 Å². The molecule has 1 rings (SSSR count). The van der Waals surface area contributed by atoms with Gasteiger partial charge in [0, 0.05) is 11.5 Å². The Labute approximate surface area is 45.7 Å². The number of hydrogen-bond donors (Lipinski definition) is 0. The van der Waals surface area contributed by atoms with Gasteiger partial charge in [0.1, 0.15) is 0 Å². The molecule has 0 unspecified atom stereocenters. The highest BCUT2D eigenvalue weighted by Crippen LogP contribution is 2.25. The molecule has 1 N–H and O–H groups in total.